The summed E-state index contributed by atoms with van der Waals surface area (Å²) in [5.41, 5.74) is 0.349. The first-order chi connectivity index (χ1) is 10.1. The Morgan fingerprint density at radius 3 is 2.52 bits per heavy atom. The average Bonchev–Trinajstić information content (AvgIpc) is 2.48. The van der Waals surface area contributed by atoms with Crippen LogP contribution in [-0.2, 0) is 4.79 Å². The molecule has 0 saturated heterocycles. The van der Waals surface area contributed by atoms with E-state index in [0.717, 1.165) is 0 Å². The van der Waals surface area contributed by atoms with Crippen LogP contribution < -0.4 is 5.32 Å². The van der Waals surface area contributed by atoms with Gasteiger partial charge in [0.2, 0.25) is 0 Å². The number of carbonyl (C=O) groups excluding carboxylic acids is 1. The zero-order valence-corrected chi connectivity index (χ0v) is 11.6. The summed E-state index contributed by atoms with van der Waals surface area (Å²) in [4.78, 5) is 12.0. The predicted molar refractivity (Wildman–Crippen MR) is 80.1 cm³/mol. The Bertz CT molecular complexity index is 750. The zero-order chi connectivity index (χ0) is 15.2. The molecule has 0 radical (unpaired) electrons. The highest BCUT2D eigenvalue weighted by Gasteiger charge is 2.12. The highest BCUT2D eigenvalue weighted by atomic mass is 35.5. The van der Waals surface area contributed by atoms with Crippen molar-refractivity contribution in [2.45, 2.75) is 0 Å². The average molecular weight is 301 g/mol. The molecule has 0 heterocycles. The Morgan fingerprint density at radius 1 is 1.19 bits per heavy atom. The number of hydrogen-bond donors (Lipinski definition) is 1. The molecule has 3 nitrogen and oxygen atoms in total. The van der Waals surface area contributed by atoms with Crippen molar-refractivity contribution in [3.05, 3.63) is 70.5 Å². The van der Waals surface area contributed by atoms with Gasteiger partial charge in [0.05, 0.1) is 10.7 Å². The van der Waals surface area contributed by atoms with E-state index in [1.807, 2.05) is 0 Å². The molecule has 0 saturated carbocycles. The van der Waals surface area contributed by atoms with Gasteiger partial charge in [0.1, 0.15) is 17.5 Å². The predicted octanol–water partition coefficient (Wildman–Crippen LogP) is 4.02. The summed E-state index contributed by atoms with van der Waals surface area (Å²) in [6.45, 7) is 0. The molecule has 2 rings (SSSR count). The summed E-state index contributed by atoms with van der Waals surface area (Å²) in [7, 11) is 0. The number of nitriles is 1. The Hall–Kier alpha value is -2.64. The third-order valence-electron chi connectivity index (χ3n) is 2.69. The van der Waals surface area contributed by atoms with Crippen molar-refractivity contribution in [1.29, 1.82) is 5.26 Å². The number of nitrogens with one attached hydrogen (secondary N) is 1. The molecule has 0 aliphatic carbocycles. The fourth-order valence-corrected chi connectivity index (χ4v) is 1.83. The number of halogens is 2. The first-order valence-corrected chi connectivity index (χ1v) is 6.42. The maximum absolute atomic E-state index is 13.5. The highest BCUT2D eigenvalue weighted by molar-refractivity contribution is 6.34. The van der Waals surface area contributed by atoms with Gasteiger partial charge in [0.25, 0.3) is 5.91 Å². The number of carbonyl (C=O) groups is 1. The highest BCUT2D eigenvalue weighted by Crippen LogP contribution is 2.21. The van der Waals surface area contributed by atoms with Crippen LogP contribution in [0.4, 0.5) is 10.1 Å². The van der Waals surface area contributed by atoms with Crippen LogP contribution in [0.3, 0.4) is 0 Å². The summed E-state index contributed by atoms with van der Waals surface area (Å²) in [6, 6.07) is 14.3. The van der Waals surface area contributed by atoms with E-state index < -0.39 is 11.7 Å². The monoisotopic (exact) mass is 300 g/mol. The lowest BCUT2D eigenvalue weighted by molar-refractivity contribution is -0.112. The number of anilines is 1. The summed E-state index contributed by atoms with van der Waals surface area (Å²) < 4.78 is 13.5. The van der Waals surface area contributed by atoms with Gasteiger partial charge >= 0.3 is 0 Å². The Kier molecular flexibility index (Phi) is 4.70. The van der Waals surface area contributed by atoms with Crippen molar-refractivity contribution >= 4 is 29.3 Å². The summed E-state index contributed by atoms with van der Waals surface area (Å²) in [5.74, 6) is -1.15. The molecule has 2 aromatic rings. The smallest absolute Gasteiger partial charge is 0.266 e. The number of para-hydroxylation sites is 1. The van der Waals surface area contributed by atoms with Gasteiger partial charge in [-0.25, -0.2) is 4.39 Å². The second-order valence-corrected chi connectivity index (χ2v) is 4.53. The summed E-state index contributed by atoms with van der Waals surface area (Å²) >= 11 is 5.92. The first-order valence-electron chi connectivity index (χ1n) is 6.04. The van der Waals surface area contributed by atoms with Crippen LogP contribution in [0.2, 0.25) is 5.02 Å². The molecule has 0 aromatic heterocycles. The molecule has 0 unspecified atom stereocenters. The molecule has 5 heteroatoms. The molecule has 1 N–H and O–H groups in total. The number of benzene rings is 2. The van der Waals surface area contributed by atoms with Gasteiger partial charge < -0.3 is 5.32 Å². The summed E-state index contributed by atoms with van der Waals surface area (Å²) in [6.07, 6.45) is 1.20. The minimum absolute atomic E-state index is 0.170. The molecular formula is C16H10ClFN2O. The van der Waals surface area contributed by atoms with Gasteiger partial charge in [-0.15, -0.1) is 0 Å². The minimum Gasteiger partial charge on any atom is -0.320 e. The molecule has 21 heavy (non-hydrogen) atoms. The van der Waals surface area contributed by atoms with Crippen molar-refractivity contribution < 1.29 is 9.18 Å². The van der Waals surface area contributed by atoms with E-state index >= 15 is 0 Å². The Labute approximate surface area is 126 Å². The standard InChI is InChI=1S/C16H10ClFN2O/c17-13-6-2-4-8-15(13)20-16(21)12(10-19)9-11-5-1-3-7-14(11)18/h1-9H,(H,20,21)/b12-9+. The van der Waals surface area contributed by atoms with Crippen molar-refractivity contribution in [1.82, 2.24) is 0 Å². The molecule has 0 aliphatic rings. The fourth-order valence-electron chi connectivity index (χ4n) is 1.65. The lowest BCUT2D eigenvalue weighted by atomic mass is 10.1. The lowest BCUT2D eigenvalue weighted by Gasteiger charge is -2.06. The molecule has 0 aliphatic heterocycles. The van der Waals surface area contributed by atoms with E-state index in [1.165, 1.54) is 24.3 Å². The van der Waals surface area contributed by atoms with Crippen LogP contribution in [0.15, 0.2) is 54.1 Å². The maximum atomic E-state index is 13.5. The van der Waals surface area contributed by atoms with E-state index in [4.69, 9.17) is 16.9 Å². The Morgan fingerprint density at radius 2 is 1.86 bits per heavy atom. The van der Waals surface area contributed by atoms with Crippen LogP contribution in [0, 0.1) is 17.1 Å². The SMILES string of the molecule is N#C/C(=C\c1ccccc1F)C(=O)Nc1ccccc1Cl. The van der Waals surface area contributed by atoms with Crippen molar-refractivity contribution in [3.8, 4) is 6.07 Å². The molecule has 0 bridgehead atoms. The quantitative estimate of drug-likeness (QED) is 0.687. The second-order valence-electron chi connectivity index (χ2n) is 4.13. The van der Waals surface area contributed by atoms with Gasteiger partial charge in [-0.3, -0.25) is 4.79 Å². The maximum Gasteiger partial charge on any atom is 0.266 e. The van der Waals surface area contributed by atoms with Crippen LogP contribution in [0.5, 0.6) is 0 Å². The van der Waals surface area contributed by atoms with Gasteiger partial charge in [0.15, 0.2) is 0 Å². The second kappa shape index (κ2) is 6.69. The first kappa shape index (κ1) is 14.8. The third kappa shape index (κ3) is 3.68. The molecule has 1 amide bonds. The number of nitrogens with zero attached hydrogens (tertiary/aromatic N) is 1. The minimum atomic E-state index is -0.645. The fraction of sp³-hybridized carbons (Fsp3) is 0. The number of hydrogen-bond acceptors (Lipinski definition) is 2. The van der Waals surface area contributed by atoms with Gasteiger partial charge in [-0.1, -0.05) is 41.9 Å². The van der Waals surface area contributed by atoms with E-state index in [-0.39, 0.29) is 11.1 Å². The largest absolute Gasteiger partial charge is 0.320 e. The molecule has 0 spiro atoms. The molecule has 0 atom stereocenters. The Balaban J connectivity index is 2.26. The van der Waals surface area contributed by atoms with Gasteiger partial charge in [-0.2, -0.15) is 5.26 Å². The topological polar surface area (TPSA) is 52.9 Å². The molecular weight excluding hydrogens is 291 g/mol. The van der Waals surface area contributed by atoms with Crippen molar-refractivity contribution in [2.75, 3.05) is 5.32 Å². The van der Waals surface area contributed by atoms with Gasteiger partial charge in [-0.05, 0) is 24.3 Å². The normalized spacial score (nSPS) is 10.8. The zero-order valence-electron chi connectivity index (χ0n) is 10.8. The molecule has 2 aromatic carbocycles. The van der Waals surface area contributed by atoms with Crippen molar-refractivity contribution in [2.24, 2.45) is 0 Å². The molecule has 104 valence electrons. The van der Waals surface area contributed by atoms with Crippen LogP contribution in [-0.4, -0.2) is 5.91 Å². The van der Waals surface area contributed by atoms with Crippen molar-refractivity contribution in [3.63, 3.8) is 0 Å². The number of amides is 1. The molecule has 0 fully saturated rings. The van der Waals surface area contributed by atoms with E-state index in [0.29, 0.717) is 10.7 Å². The number of rotatable bonds is 3. The van der Waals surface area contributed by atoms with Crippen LogP contribution in [0.25, 0.3) is 6.08 Å². The van der Waals surface area contributed by atoms with E-state index in [2.05, 4.69) is 5.32 Å². The van der Waals surface area contributed by atoms with E-state index in [9.17, 15) is 9.18 Å². The lowest BCUT2D eigenvalue weighted by Crippen LogP contribution is -2.13. The van der Waals surface area contributed by atoms with Crippen LogP contribution in [0.1, 0.15) is 5.56 Å². The van der Waals surface area contributed by atoms with Gasteiger partial charge in [0, 0.05) is 5.56 Å². The summed E-state index contributed by atoms with van der Waals surface area (Å²) in [5, 5.41) is 11.9. The third-order valence-corrected chi connectivity index (χ3v) is 3.02. The van der Waals surface area contributed by atoms with Crippen LogP contribution >= 0.6 is 11.6 Å². The van der Waals surface area contributed by atoms with E-state index in [1.54, 1.807) is 36.4 Å².